The summed E-state index contributed by atoms with van der Waals surface area (Å²) in [5.74, 6) is -0.233. The van der Waals surface area contributed by atoms with Crippen molar-refractivity contribution in [3.05, 3.63) is 22.7 Å². The molecular formula is C10H13N3O3. The normalized spacial score (nSPS) is 14.6. The fourth-order valence-corrected chi connectivity index (χ4v) is 1.41. The van der Waals surface area contributed by atoms with Crippen LogP contribution in [0.3, 0.4) is 0 Å². The number of esters is 1. The van der Waals surface area contributed by atoms with Gasteiger partial charge in [-0.3, -0.25) is 9.59 Å². The Kier molecular flexibility index (Phi) is 2.89. The highest BCUT2D eigenvalue weighted by atomic mass is 16.5. The third-order valence-corrected chi connectivity index (χ3v) is 2.44. The molecule has 0 unspecified atom stereocenters. The van der Waals surface area contributed by atoms with Gasteiger partial charge in [-0.2, -0.15) is 0 Å². The molecule has 0 saturated heterocycles. The van der Waals surface area contributed by atoms with Crippen molar-refractivity contribution < 1.29 is 9.53 Å². The van der Waals surface area contributed by atoms with Crippen LogP contribution in [0.2, 0.25) is 0 Å². The number of hydrogen-bond acceptors (Lipinski definition) is 5. The Morgan fingerprint density at radius 1 is 1.69 bits per heavy atom. The molecule has 1 N–H and O–H groups in total. The second-order valence-corrected chi connectivity index (χ2v) is 3.65. The van der Waals surface area contributed by atoms with Gasteiger partial charge < -0.3 is 14.6 Å². The maximum absolute atomic E-state index is 11.8. The molecule has 1 aromatic heterocycles. The number of rotatable bonds is 4. The molecule has 0 atom stereocenters. The van der Waals surface area contributed by atoms with Crippen LogP contribution in [0.1, 0.15) is 18.9 Å². The molecule has 0 radical (unpaired) electrons. The summed E-state index contributed by atoms with van der Waals surface area (Å²) < 4.78 is 6.11. The minimum Gasteiger partial charge on any atom is -0.468 e. The van der Waals surface area contributed by atoms with Gasteiger partial charge in [0, 0.05) is 18.4 Å². The Hall–Kier alpha value is -1.85. The molecule has 1 aliphatic rings. The highest BCUT2D eigenvalue weighted by Crippen LogP contribution is 2.33. The van der Waals surface area contributed by atoms with E-state index in [0.717, 1.165) is 12.8 Å². The second-order valence-electron chi connectivity index (χ2n) is 3.65. The summed E-state index contributed by atoms with van der Waals surface area (Å²) in [6, 6.07) is 0.300. The molecule has 0 spiro atoms. The standard InChI is InChI=1S/C10H13N3O3/c1-16-8(14)6-12-9-10(15)13(5-4-11-9)7-2-3-7/h4-5,7H,2-3,6H2,1H3,(H,11,12). The number of hydrogen-bond donors (Lipinski definition) is 1. The lowest BCUT2D eigenvalue weighted by Crippen LogP contribution is -2.26. The molecule has 0 amide bonds. The van der Waals surface area contributed by atoms with Gasteiger partial charge in [0.1, 0.15) is 6.54 Å². The lowest BCUT2D eigenvalue weighted by Gasteiger charge is -2.06. The second kappa shape index (κ2) is 4.34. The zero-order valence-electron chi connectivity index (χ0n) is 8.97. The molecule has 1 aromatic rings. The van der Waals surface area contributed by atoms with E-state index in [-0.39, 0.29) is 17.9 Å². The third kappa shape index (κ3) is 2.21. The number of aromatic nitrogens is 2. The Balaban J connectivity index is 2.12. The van der Waals surface area contributed by atoms with E-state index in [1.54, 1.807) is 17.0 Å². The van der Waals surface area contributed by atoms with Crippen molar-refractivity contribution in [3.8, 4) is 0 Å². The molecule has 2 rings (SSSR count). The molecule has 1 fully saturated rings. The Bertz CT molecular complexity index is 451. The van der Waals surface area contributed by atoms with Gasteiger partial charge in [-0.25, -0.2) is 4.98 Å². The first-order chi connectivity index (χ1) is 7.72. The van der Waals surface area contributed by atoms with E-state index in [1.165, 1.54) is 7.11 Å². The number of methoxy groups -OCH3 is 1. The van der Waals surface area contributed by atoms with Crippen molar-refractivity contribution in [2.45, 2.75) is 18.9 Å². The Morgan fingerprint density at radius 2 is 2.44 bits per heavy atom. The molecule has 0 bridgehead atoms. The predicted molar refractivity (Wildman–Crippen MR) is 57.3 cm³/mol. The first-order valence-electron chi connectivity index (χ1n) is 5.10. The average Bonchev–Trinajstić information content (AvgIpc) is 3.11. The van der Waals surface area contributed by atoms with Crippen LogP contribution in [0.15, 0.2) is 17.2 Å². The number of ether oxygens (including phenoxy) is 1. The van der Waals surface area contributed by atoms with Gasteiger partial charge in [0.25, 0.3) is 5.56 Å². The average molecular weight is 223 g/mol. The lowest BCUT2D eigenvalue weighted by molar-refractivity contribution is -0.138. The topological polar surface area (TPSA) is 73.2 Å². The first-order valence-corrected chi connectivity index (χ1v) is 5.10. The SMILES string of the molecule is COC(=O)CNc1nccn(C2CC2)c1=O. The van der Waals surface area contributed by atoms with Crippen molar-refractivity contribution in [2.24, 2.45) is 0 Å². The largest absolute Gasteiger partial charge is 0.468 e. The van der Waals surface area contributed by atoms with E-state index < -0.39 is 5.97 Å². The van der Waals surface area contributed by atoms with Crippen LogP contribution >= 0.6 is 0 Å². The quantitative estimate of drug-likeness (QED) is 0.736. The van der Waals surface area contributed by atoms with Crippen LogP contribution in [0.25, 0.3) is 0 Å². The van der Waals surface area contributed by atoms with Crippen LogP contribution < -0.4 is 10.9 Å². The summed E-state index contributed by atoms with van der Waals surface area (Å²) in [4.78, 5) is 26.6. The van der Waals surface area contributed by atoms with E-state index >= 15 is 0 Å². The number of nitrogens with one attached hydrogen (secondary N) is 1. The fraction of sp³-hybridized carbons (Fsp3) is 0.500. The molecule has 0 aliphatic heterocycles. The number of anilines is 1. The molecule has 1 saturated carbocycles. The predicted octanol–water partition coefficient (Wildman–Crippen LogP) is 0.163. The zero-order valence-corrected chi connectivity index (χ0v) is 8.97. The Morgan fingerprint density at radius 3 is 3.06 bits per heavy atom. The first kappa shape index (κ1) is 10.7. The molecule has 6 nitrogen and oxygen atoms in total. The van der Waals surface area contributed by atoms with Crippen molar-refractivity contribution in [1.29, 1.82) is 0 Å². The van der Waals surface area contributed by atoms with Crippen LogP contribution in [-0.4, -0.2) is 29.2 Å². The Labute approximate surface area is 92.3 Å². The fourth-order valence-electron chi connectivity index (χ4n) is 1.41. The van der Waals surface area contributed by atoms with Gasteiger partial charge in [0.15, 0.2) is 5.82 Å². The molecule has 16 heavy (non-hydrogen) atoms. The number of nitrogens with zero attached hydrogens (tertiary/aromatic N) is 2. The molecule has 1 heterocycles. The van der Waals surface area contributed by atoms with Crippen molar-refractivity contribution >= 4 is 11.8 Å². The van der Waals surface area contributed by atoms with Gasteiger partial charge in [0.05, 0.1) is 7.11 Å². The van der Waals surface area contributed by atoms with Crippen molar-refractivity contribution in [3.63, 3.8) is 0 Å². The molecule has 6 heteroatoms. The van der Waals surface area contributed by atoms with E-state index in [9.17, 15) is 9.59 Å². The van der Waals surface area contributed by atoms with Gasteiger partial charge in [-0.1, -0.05) is 0 Å². The summed E-state index contributed by atoms with van der Waals surface area (Å²) in [7, 11) is 1.30. The smallest absolute Gasteiger partial charge is 0.325 e. The lowest BCUT2D eigenvalue weighted by atomic mass is 10.5. The summed E-state index contributed by atoms with van der Waals surface area (Å²) in [6.07, 6.45) is 5.28. The monoisotopic (exact) mass is 223 g/mol. The van der Waals surface area contributed by atoms with E-state index in [2.05, 4.69) is 15.0 Å². The summed E-state index contributed by atoms with van der Waals surface area (Å²) in [6.45, 7) is -0.0482. The number of carbonyl (C=O) groups is 1. The zero-order chi connectivity index (χ0) is 11.5. The minimum absolute atomic E-state index is 0.0482. The summed E-state index contributed by atoms with van der Waals surface area (Å²) in [5.41, 5.74) is -0.186. The maximum atomic E-state index is 11.8. The highest BCUT2D eigenvalue weighted by molar-refractivity contribution is 5.74. The summed E-state index contributed by atoms with van der Waals surface area (Å²) >= 11 is 0. The minimum atomic E-state index is -0.428. The van der Waals surface area contributed by atoms with Gasteiger partial charge in [0.2, 0.25) is 0 Å². The van der Waals surface area contributed by atoms with Crippen LogP contribution in [-0.2, 0) is 9.53 Å². The molecular weight excluding hydrogens is 210 g/mol. The van der Waals surface area contributed by atoms with E-state index in [0.29, 0.717) is 6.04 Å². The van der Waals surface area contributed by atoms with Crippen LogP contribution in [0.5, 0.6) is 0 Å². The van der Waals surface area contributed by atoms with Crippen molar-refractivity contribution in [2.75, 3.05) is 19.0 Å². The highest BCUT2D eigenvalue weighted by Gasteiger charge is 2.25. The molecule has 86 valence electrons. The van der Waals surface area contributed by atoms with E-state index in [4.69, 9.17) is 0 Å². The van der Waals surface area contributed by atoms with Gasteiger partial charge >= 0.3 is 5.97 Å². The third-order valence-electron chi connectivity index (χ3n) is 2.44. The molecule has 0 aromatic carbocycles. The number of carbonyl (C=O) groups excluding carboxylic acids is 1. The van der Waals surface area contributed by atoms with Crippen LogP contribution in [0, 0.1) is 0 Å². The van der Waals surface area contributed by atoms with E-state index in [1.807, 2.05) is 0 Å². The summed E-state index contributed by atoms with van der Waals surface area (Å²) in [5, 5.41) is 2.67. The van der Waals surface area contributed by atoms with Crippen LogP contribution in [0.4, 0.5) is 5.82 Å². The van der Waals surface area contributed by atoms with Crippen molar-refractivity contribution in [1.82, 2.24) is 9.55 Å². The van der Waals surface area contributed by atoms with Gasteiger partial charge in [-0.05, 0) is 12.8 Å². The van der Waals surface area contributed by atoms with Gasteiger partial charge in [-0.15, -0.1) is 0 Å². The molecule has 1 aliphatic carbocycles. The maximum Gasteiger partial charge on any atom is 0.325 e.